The maximum atomic E-state index is 2.42. The zero-order valence-electron chi connectivity index (χ0n) is 25.1. The van der Waals surface area contributed by atoms with Crippen LogP contribution in [-0.2, 0) is 5.41 Å². The summed E-state index contributed by atoms with van der Waals surface area (Å²) in [6, 6.07) is 47.2. The first-order chi connectivity index (χ1) is 20.3. The number of aromatic nitrogens is 1. The van der Waals surface area contributed by atoms with Gasteiger partial charge in [-0.25, -0.2) is 0 Å². The van der Waals surface area contributed by atoms with Crippen molar-refractivity contribution in [3.8, 4) is 27.9 Å². The second-order valence-electron chi connectivity index (χ2n) is 12.9. The highest BCUT2D eigenvalue weighted by atomic mass is 15.0. The summed E-state index contributed by atoms with van der Waals surface area (Å²) in [6.45, 7) is 11.4. The van der Waals surface area contributed by atoms with E-state index in [-0.39, 0.29) is 5.41 Å². The Morgan fingerprint density at radius 2 is 1.14 bits per heavy atom. The minimum absolute atomic E-state index is 0.0908. The molecule has 1 heteroatoms. The average molecular weight is 544 g/mol. The Hall–Kier alpha value is -4.62. The number of rotatable bonds is 4. The molecule has 206 valence electrons. The molecular weight excluding hydrogens is 506 g/mol. The van der Waals surface area contributed by atoms with E-state index in [9.17, 15) is 0 Å². The molecule has 0 saturated carbocycles. The summed E-state index contributed by atoms with van der Waals surface area (Å²) in [5.41, 5.74) is 11.5. The molecule has 0 bridgehead atoms. The van der Waals surface area contributed by atoms with Crippen LogP contribution in [0.1, 0.15) is 51.7 Å². The van der Waals surface area contributed by atoms with Gasteiger partial charge in [-0.05, 0) is 79.8 Å². The largest absolute Gasteiger partial charge is 0.309 e. The fourth-order valence-electron chi connectivity index (χ4n) is 6.51. The summed E-state index contributed by atoms with van der Waals surface area (Å²) in [7, 11) is 0. The van der Waals surface area contributed by atoms with Crippen LogP contribution in [-0.4, -0.2) is 4.57 Å². The molecule has 0 spiro atoms. The molecule has 1 aromatic heterocycles. The van der Waals surface area contributed by atoms with Gasteiger partial charge < -0.3 is 4.57 Å². The zero-order valence-corrected chi connectivity index (χ0v) is 25.1. The van der Waals surface area contributed by atoms with E-state index in [1.165, 1.54) is 71.6 Å². The lowest BCUT2D eigenvalue weighted by Gasteiger charge is -2.22. The number of benzene rings is 6. The highest BCUT2D eigenvalue weighted by molar-refractivity contribution is 6.10. The van der Waals surface area contributed by atoms with Gasteiger partial charge in [0.05, 0.1) is 11.0 Å². The molecule has 0 radical (unpaired) electrons. The van der Waals surface area contributed by atoms with Crippen LogP contribution >= 0.6 is 0 Å². The van der Waals surface area contributed by atoms with Crippen LogP contribution in [0.5, 0.6) is 0 Å². The van der Waals surface area contributed by atoms with Gasteiger partial charge in [0.25, 0.3) is 0 Å². The molecular formula is C41H37N. The first-order valence-corrected chi connectivity index (χ1v) is 15.1. The number of para-hydroxylation sites is 1. The van der Waals surface area contributed by atoms with E-state index in [2.05, 4.69) is 167 Å². The van der Waals surface area contributed by atoms with E-state index in [1.54, 1.807) is 0 Å². The number of nitrogens with zero attached hydrogens (tertiary/aromatic N) is 1. The Labute approximate surface area is 249 Å². The lowest BCUT2D eigenvalue weighted by Crippen LogP contribution is -2.11. The van der Waals surface area contributed by atoms with Gasteiger partial charge in [0, 0.05) is 16.5 Å². The molecule has 0 aliphatic heterocycles. The van der Waals surface area contributed by atoms with E-state index in [4.69, 9.17) is 0 Å². The van der Waals surface area contributed by atoms with Crippen molar-refractivity contribution in [1.82, 2.24) is 4.57 Å². The lowest BCUT2D eigenvalue weighted by molar-refractivity contribution is 0.596. The van der Waals surface area contributed by atoms with Crippen molar-refractivity contribution < 1.29 is 0 Å². The molecule has 7 rings (SSSR count). The first kappa shape index (κ1) is 26.3. The number of hydrogen-bond donors (Lipinski definition) is 0. The van der Waals surface area contributed by atoms with Gasteiger partial charge in [-0.15, -0.1) is 0 Å². The topological polar surface area (TPSA) is 4.93 Å². The van der Waals surface area contributed by atoms with Gasteiger partial charge in [-0.3, -0.25) is 0 Å². The van der Waals surface area contributed by atoms with Crippen molar-refractivity contribution in [1.29, 1.82) is 0 Å². The predicted octanol–water partition coefficient (Wildman–Crippen LogP) is 11.7. The van der Waals surface area contributed by atoms with Crippen molar-refractivity contribution >= 4 is 32.6 Å². The third-order valence-electron chi connectivity index (χ3n) is 8.73. The maximum Gasteiger partial charge on any atom is 0.0547 e. The van der Waals surface area contributed by atoms with Crippen LogP contribution in [0.3, 0.4) is 0 Å². The fourth-order valence-corrected chi connectivity index (χ4v) is 6.51. The van der Waals surface area contributed by atoms with Gasteiger partial charge in [0.2, 0.25) is 0 Å². The summed E-state index contributed by atoms with van der Waals surface area (Å²) in [5.74, 6) is 0.500. The van der Waals surface area contributed by atoms with Crippen LogP contribution in [0, 0.1) is 0 Å². The molecule has 7 aromatic rings. The van der Waals surface area contributed by atoms with E-state index in [0.717, 1.165) is 0 Å². The molecule has 1 nitrogen and oxygen atoms in total. The third kappa shape index (κ3) is 4.41. The molecule has 0 N–H and O–H groups in total. The van der Waals surface area contributed by atoms with Gasteiger partial charge in [0.1, 0.15) is 0 Å². The van der Waals surface area contributed by atoms with Gasteiger partial charge >= 0.3 is 0 Å². The van der Waals surface area contributed by atoms with Crippen molar-refractivity contribution in [3.63, 3.8) is 0 Å². The maximum absolute atomic E-state index is 2.42. The summed E-state index contributed by atoms with van der Waals surface area (Å²) < 4.78 is 2.42. The van der Waals surface area contributed by atoms with E-state index < -0.39 is 0 Å². The summed E-state index contributed by atoms with van der Waals surface area (Å²) >= 11 is 0. The van der Waals surface area contributed by atoms with E-state index in [0.29, 0.717) is 5.92 Å². The van der Waals surface area contributed by atoms with Gasteiger partial charge in [0.15, 0.2) is 0 Å². The second kappa shape index (κ2) is 10.0. The fraction of sp³-hybridized carbons (Fsp3) is 0.171. The van der Waals surface area contributed by atoms with Crippen LogP contribution in [0.25, 0.3) is 60.5 Å². The smallest absolute Gasteiger partial charge is 0.0547 e. The third-order valence-corrected chi connectivity index (χ3v) is 8.73. The molecule has 6 aromatic carbocycles. The van der Waals surface area contributed by atoms with Crippen molar-refractivity contribution in [3.05, 3.63) is 139 Å². The van der Waals surface area contributed by atoms with E-state index in [1.807, 2.05) is 0 Å². The van der Waals surface area contributed by atoms with Crippen molar-refractivity contribution in [2.75, 3.05) is 0 Å². The van der Waals surface area contributed by atoms with E-state index >= 15 is 0 Å². The highest BCUT2D eigenvalue weighted by Gasteiger charge is 2.18. The standard InChI is InChI=1S/C41H37N/c1-27(2)29-11-8-12-30(25-29)31-21-24-37-36-13-6-7-18-39(36)42(40(37)26-31)32-22-19-28(20-23-32)33-14-9-16-35-34(33)15-10-17-38(35)41(3,4)5/h6-27H,1-5H3. The number of hydrogen-bond acceptors (Lipinski definition) is 0. The Balaban J connectivity index is 1.38. The minimum Gasteiger partial charge on any atom is -0.309 e. The Morgan fingerprint density at radius 1 is 0.500 bits per heavy atom. The SMILES string of the molecule is CC(C)c1cccc(-c2ccc3c4ccccc4n(-c4ccc(-c5cccc6c(C(C)(C)C)cccc56)cc4)c3c2)c1. The van der Waals surface area contributed by atoms with Crippen molar-refractivity contribution in [2.45, 2.75) is 46.0 Å². The van der Waals surface area contributed by atoms with Crippen LogP contribution in [0.4, 0.5) is 0 Å². The summed E-state index contributed by atoms with van der Waals surface area (Å²) in [6.07, 6.45) is 0. The molecule has 0 amide bonds. The molecule has 0 unspecified atom stereocenters. The van der Waals surface area contributed by atoms with Crippen molar-refractivity contribution in [2.24, 2.45) is 0 Å². The molecule has 42 heavy (non-hydrogen) atoms. The van der Waals surface area contributed by atoms with Crippen LogP contribution < -0.4 is 0 Å². The predicted molar refractivity (Wildman–Crippen MR) is 182 cm³/mol. The molecule has 0 aliphatic carbocycles. The van der Waals surface area contributed by atoms with Crippen LogP contribution in [0.2, 0.25) is 0 Å². The normalized spacial score (nSPS) is 12.1. The minimum atomic E-state index is 0.0908. The zero-order chi connectivity index (χ0) is 29.0. The highest BCUT2D eigenvalue weighted by Crippen LogP contribution is 2.38. The molecule has 1 heterocycles. The number of fused-ring (bicyclic) bond motifs is 4. The molecule has 0 aliphatic rings. The first-order valence-electron chi connectivity index (χ1n) is 15.1. The second-order valence-corrected chi connectivity index (χ2v) is 12.9. The Morgan fingerprint density at radius 3 is 1.93 bits per heavy atom. The monoisotopic (exact) mass is 543 g/mol. The molecule has 0 saturated heterocycles. The van der Waals surface area contributed by atoms with Gasteiger partial charge in [-0.2, -0.15) is 0 Å². The average Bonchev–Trinajstić information content (AvgIpc) is 3.34. The van der Waals surface area contributed by atoms with Crippen LogP contribution in [0.15, 0.2) is 127 Å². The quantitative estimate of drug-likeness (QED) is 0.208. The summed E-state index contributed by atoms with van der Waals surface area (Å²) in [5, 5.41) is 5.20. The summed E-state index contributed by atoms with van der Waals surface area (Å²) in [4.78, 5) is 0. The van der Waals surface area contributed by atoms with Gasteiger partial charge in [-0.1, -0.05) is 138 Å². The lowest BCUT2D eigenvalue weighted by atomic mass is 9.82. The Bertz CT molecular complexity index is 2080. The Kier molecular flexibility index (Phi) is 6.28. The molecule has 0 fully saturated rings. The molecule has 0 atom stereocenters.